The fraction of sp³-hybridized carbons (Fsp3) is 0.733. The first-order valence-corrected chi connectivity index (χ1v) is 16.1. The van der Waals surface area contributed by atoms with Crippen LogP contribution in [0, 0.1) is 35.0 Å². The Balaban J connectivity index is 1.29. The van der Waals surface area contributed by atoms with Crippen molar-refractivity contribution in [3.63, 3.8) is 0 Å². The van der Waals surface area contributed by atoms with Crippen LogP contribution in [0.5, 0.6) is 0 Å². The molecule has 4 fully saturated rings. The topological polar surface area (TPSA) is 65.5 Å². The van der Waals surface area contributed by atoms with Crippen molar-refractivity contribution in [2.24, 2.45) is 23.7 Å². The lowest BCUT2D eigenvalue weighted by Crippen LogP contribution is -2.44. The van der Waals surface area contributed by atoms with E-state index < -0.39 is 11.7 Å². The number of nitrogens with one attached hydrogen (secondary N) is 1. The van der Waals surface area contributed by atoms with Gasteiger partial charge in [-0.2, -0.15) is 18.4 Å². The van der Waals surface area contributed by atoms with Crippen LogP contribution in [0.1, 0.15) is 81.9 Å². The third-order valence-electron chi connectivity index (χ3n) is 9.93. The molecule has 10 heteroatoms. The van der Waals surface area contributed by atoms with Gasteiger partial charge in [0.25, 0.3) is 0 Å². The van der Waals surface area contributed by atoms with Gasteiger partial charge in [0.15, 0.2) is 0 Å². The van der Waals surface area contributed by atoms with Gasteiger partial charge in [0, 0.05) is 37.3 Å². The summed E-state index contributed by atoms with van der Waals surface area (Å²) in [6.45, 7) is 4.33. The minimum absolute atomic E-state index is 0.0456. The molecule has 2 saturated carbocycles. The van der Waals surface area contributed by atoms with Crippen LogP contribution in [-0.4, -0.2) is 44.1 Å². The van der Waals surface area contributed by atoms with Gasteiger partial charge in [0.2, 0.25) is 0 Å². The van der Waals surface area contributed by atoms with Crippen molar-refractivity contribution in [1.29, 1.82) is 5.26 Å². The number of hydrogen-bond acceptors (Lipinski definition) is 5. The molecule has 2 saturated heterocycles. The molecular formula is C30H40F3N5OS. The number of nitrogens with zero attached hydrogens (tertiary/aromatic N) is 4. The Morgan fingerprint density at radius 1 is 1.12 bits per heavy atom. The number of likely N-dealkylation sites (tertiary alicyclic amines) is 1. The van der Waals surface area contributed by atoms with Gasteiger partial charge in [-0.25, -0.2) is 4.79 Å². The summed E-state index contributed by atoms with van der Waals surface area (Å²) < 4.78 is 45.7. The number of nitriles is 1. The van der Waals surface area contributed by atoms with Crippen molar-refractivity contribution in [2.75, 3.05) is 18.8 Å². The fourth-order valence-electron chi connectivity index (χ4n) is 7.82. The van der Waals surface area contributed by atoms with Gasteiger partial charge in [-0.3, -0.25) is 19.2 Å². The highest BCUT2D eigenvalue weighted by molar-refractivity contribution is 8.00. The Morgan fingerprint density at radius 2 is 1.90 bits per heavy atom. The molecule has 0 radical (unpaired) electrons. The van der Waals surface area contributed by atoms with Crippen molar-refractivity contribution < 1.29 is 13.2 Å². The van der Waals surface area contributed by atoms with Gasteiger partial charge < -0.3 is 0 Å². The van der Waals surface area contributed by atoms with Crippen molar-refractivity contribution in [3.05, 3.63) is 40.1 Å². The number of piperidine rings is 1. The van der Waals surface area contributed by atoms with Crippen LogP contribution in [0.2, 0.25) is 0 Å². The molecule has 4 aliphatic rings. The Bertz CT molecular complexity index is 1310. The second-order valence-corrected chi connectivity index (χ2v) is 13.9. The molecule has 2 aliphatic heterocycles. The van der Waals surface area contributed by atoms with E-state index in [1.807, 2.05) is 11.8 Å². The van der Waals surface area contributed by atoms with Crippen LogP contribution in [0.15, 0.2) is 23.3 Å². The largest absolute Gasteiger partial charge is 0.418 e. The quantitative estimate of drug-likeness (QED) is 0.454. The molecule has 0 amide bonds. The highest BCUT2D eigenvalue weighted by atomic mass is 32.2. The minimum atomic E-state index is -4.54. The lowest BCUT2D eigenvalue weighted by atomic mass is 9.66. The summed E-state index contributed by atoms with van der Waals surface area (Å²) >= 11 is 1.84. The maximum Gasteiger partial charge on any atom is 0.418 e. The zero-order chi connectivity index (χ0) is 28.0. The minimum Gasteiger partial charge on any atom is -0.299 e. The number of thioether (sulfide) groups is 1. The predicted octanol–water partition coefficient (Wildman–Crippen LogP) is 6.05. The third kappa shape index (κ3) is 5.58. The lowest BCUT2D eigenvalue weighted by molar-refractivity contribution is -0.136. The van der Waals surface area contributed by atoms with E-state index in [0.29, 0.717) is 35.8 Å². The summed E-state index contributed by atoms with van der Waals surface area (Å²) in [6, 6.07) is 3.37. The maximum absolute atomic E-state index is 14.3. The molecule has 4 unspecified atom stereocenters. The van der Waals surface area contributed by atoms with Gasteiger partial charge in [0.05, 0.1) is 22.5 Å². The highest BCUT2D eigenvalue weighted by Gasteiger charge is 2.44. The van der Waals surface area contributed by atoms with E-state index >= 15 is 0 Å². The zero-order valence-electron chi connectivity index (χ0n) is 23.2. The number of halogens is 3. The van der Waals surface area contributed by atoms with Crippen LogP contribution < -0.4 is 11.0 Å². The molecule has 2 aromatic rings. The smallest absolute Gasteiger partial charge is 0.299 e. The van der Waals surface area contributed by atoms with E-state index in [1.165, 1.54) is 35.9 Å². The molecule has 6 atom stereocenters. The second-order valence-electron chi connectivity index (χ2n) is 12.8. The van der Waals surface area contributed by atoms with Crippen LogP contribution in [-0.2, 0) is 12.7 Å². The summed E-state index contributed by atoms with van der Waals surface area (Å²) in [5.41, 5.74) is -0.592. The van der Waals surface area contributed by atoms with E-state index in [2.05, 4.69) is 23.2 Å². The third-order valence-corrected chi connectivity index (χ3v) is 11.3. The number of alkyl halides is 3. The van der Waals surface area contributed by atoms with E-state index in [4.69, 9.17) is 0 Å². The molecule has 1 N–H and O–H groups in total. The first-order chi connectivity index (χ1) is 19.2. The van der Waals surface area contributed by atoms with Crippen LogP contribution in [0.4, 0.5) is 13.2 Å². The number of pyridine rings is 1. The Hall–Kier alpha value is -1.96. The Morgan fingerprint density at radius 3 is 2.58 bits per heavy atom. The normalized spacial score (nSPS) is 31.2. The molecular weight excluding hydrogens is 535 g/mol. The van der Waals surface area contributed by atoms with Gasteiger partial charge >= 0.3 is 11.9 Å². The predicted molar refractivity (Wildman–Crippen MR) is 151 cm³/mol. The molecule has 2 aromatic heterocycles. The first-order valence-electron chi connectivity index (χ1n) is 15.0. The van der Waals surface area contributed by atoms with Crippen LogP contribution in [0.25, 0.3) is 5.52 Å². The fourth-order valence-corrected chi connectivity index (χ4v) is 9.32. The van der Waals surface area contributed by atoms with Gasteiger partial charge in [-0.05, 0) is 74.0 Å². The summed E-state index contributed by atoms with van der Waals surface area (Å²) in [6.07, 6.45) is 8.02. The van der Waals surface area contributed by atoms with Crippen LogP contribution >= 0.6 is 11.8 Å². The molecule has 2 aliphatic carbocycles. The van der Waals surface area contributed by atoms with Gasteiger partial charge in [-0.1, -0.05) is 32.6 Å². The SMILES string of the molecule is C[C@H]1CCCN(Cc2cc(C(F)(F)F)c3cn(C4CCCC([C@@H](C5CCC5)C5NC(C#N)CS5)C4)c(=O)n3c2)C1. The molecule has 0 spiro atoms. The van der Waals surface area contributed by atoms with Gasteiger partial charge in [-0.15, -0.1) is 11.8 Å². The molecule has 0 aromatic carbocycles. The molecule has 6 nitrogen and oxygen atoms in total. The summed E-state index contributed by atoms with van der Waals surface area (Å²) in [5.74, 6) is 2.75. The van der Waals surface area contributed by atoms with E-state index in [1.54, 1.807) is 10.8 Å². The van der Waals surface area contributed by atoms with Crippen molar-refractivity contribution in [2.45, 2.75) is 94.9 Å². The maximum atomic E-state index is 14.3. The zero-order valence-corrected chi connectivity index (χ0v) is 24.0. The van der Waals surface area contributed by atoms with Crippen molar-refractivity contribution >= 4 is 17.3 Å². The summed E-state index contributed by atoms with van der Waals surface area (Å²) in [4.78, 5) is 15.9. The van der Waals surface area contributed by atoms with Crippen LogP contribution in [0.3, 0.4) is 0 Å². The lowest BCUT2D eigenvalue weighted by Gasteiger charge is -2.44. The molecule has 0 bridgehead atoms. The Labute approximate surface area is 238 Å². The number of rotatable bonds is 6. The molecule has 218 valence electrons. The average molecular weight is 576 g/mol. The molecule has 4 heterocycles. The number of hydrogen-bond donors (Lipinski definition) is 1. The Kier molecular flexibility index (Phi) is 8.01. The average Bonchev–Trinajstić information content (AvgIpc) is 3.50. The number of aromatic nitrogens is 2. The summed E-state index contributed by atoms with van der Waals surface area (Å²) in [5, 5.41) is 13.2. The molecule has 6 rings (SSSR count). The number of imidazole rings is 1. The highest BCUT2D eigenvalue weighted by Crippen LogP contribution is 2.49. The van der Waals surface area contributed by atoms with Crippen molar-refractivity contribution in [1.82, 2.24) is 19.2 Å². The summed E-state index contributed by atoms with van der Waals surface area (Å²) in [7, 11) is 0. The van der Waals surface area contributed by atoms with E-state index in [-0.39, 0.29) is 28.7 Å². The monoisotopic (exact) mass is 575 g/mol. The van der Waals surface area contributed by atoms with Gasteiger partial charge in [0.1, 0.15) is 6.04 Å². The van der Waals surface area contributed by atoms with E-state index in [0.717, 1.165) is 57.4 Å². The first kappa shape index (κ1) is 28.2. The molecule has 40 heavy (non-hydrogen) atoms. The second kappa shape index (κ2) is 11.4. The standard InChI is InChI=1S/C30H40F3N5OS/c1-19-5-4-10-36(14-19)15-20-11-25(30(31,32)33)26-17-37(29(39)38(26)16-20)24-9-3-8-22(12-24)27(21-6-2-7-21)28-35-23(13-34)18-40-28/h11,16-17,19,21-24,27-28,35H,2-10,12,14-15,18H2,1H3/t19-,22?,23?,24?,27+,28?/m0/s1. The van der Waals surface area contributed by atoms with E-state index in [9.17, 15) is 23.2 Å². The van der Waals surface area contributed by atoms with Crippen molar-refractivity contribution in [3.8, 4) is 6.07 Å². The number of fused-ring (bicyclic) bond motifs is 1.